The van der Waals surface area contributed by atoms with E-state index in [9.17, 15) is 26.3 Å². The lowest BCUT2D eigenvalue weighted by Crippen LogP contribution is -2.44. The summed E-state index contributed by atoms with van der Waals surface area (Å²) in [5.74, 6) is -5.51. The second kappa shape index (κ2) is 14.4. The van der Waals surface area contributed by atoms with Crippen LogP contribution in [0.5, 0.6) is 0 Å². The third-order valence-corrected chi connectivity index (χ3v) is 6.32. The van der Waals surface area contributed by atoms with Gasteiger partial charge in [0.25, 0.3) is 0 Å². The summed E-state index contributed by atoms with van der Waals surface area (Å²) in [5.41, 5.74) is 4.03. The number of alkyl halides is 6. The molecule has 2 fully saturated rings. The molecule has 2 aromatic rings. The van der Waals surface area contributed by atoms with E-state index in [1.54, 1.807) is 0 Å². The van der Waals surface area contributed by atoms with E-state index in [0.717, 1.165) is 45.5 Å². The van der Waals surface area contributed by atoms with E-state index in [1.807, 2.05) is 24.5 Å². The molecule has 1 atom stereocenters. The molecule has 14 heteroatoms. The smallest absolute Gasteiger partial charge is 0.475 e. The first-order chi connectivity index (χ1) is 18.6. The van der Waals surface area contributed by atoms with Crippen LogP contribution in [0.4, 0.5) is 26.3 Å². The van der Waals surface area contributed by atoms with Crippen LogP contribution in [0.2, 0.25) is 0 Å². The number of rotatable bonds is 5. The van der Waals surface area contributed by atoms with Gasteiger partial charge in [0.05, 0.1) is 24.9 Å². The first kappa shape index (κ1) is 33.0. The maximum atomic E-state index is 10.6. The molecule has 0 amide bonds. The molecular formula is C26H30F6N2O6. The molecule has 8 nitrogen and oxygen atoms in total. The lowest BCUT2D eigenvalue weighted by atomic mass is 9.87. The van der Waals surface area contributed by atoms with Gasteiger partial charge in [-0.1, -0.05) is 24.3 Å². The van der Waals surface area contributed by atoms with E-state index in [4.69, 9.17) is 29.3 Å². The number of benzene rings is 1. The predicted molar refractivity (Wildman–Crippen MR) is 129 cm³/mol. The fourth-order valence-electron chi connectivity index (χ4n) is 4.10. The average Bonchev–Trinajstić information content (AvgIpc) is 3.28. The fraction of sp³-hybridized carbons (Fsp3) is 0.500. The molecule has 2 saturated heterocycles. The number of aryl methyl sites for hydroxylation is 1. The molecule has 1 aromatic heterocycles. The van der Waals surface area contributed by atoms with Gasteiger partial charge in [-0.05, 0) is 48.6 Å². The van der Waals surface area contributed by atoms with Crippen LogP contribution in [-0.2, 0) is 32.2 Å². The van der Waals surface area contributed by atoms with Gasteiger partial charge in [-0.2, -0.15) is 26.3 Å². The number of piperidine rings is 1. The summed E-state index contributed by atoms with van der Waals surface area (Å²) < 4.78 is 75.8. The number of ether oxygens (including phenoxy) is 2. The van der Waals surface area contributed by atoms with Crippen molar-refractivity contribution in [3.05, 3.63) is 65.5 Å². The standard InChI is InChI=1S/C22H28N2O2.2C2HF3O2/c1-18-4-2-3-5-20(18)15-24-12-8-22(9-13-24)14-21(17-26-22)25-16-19-6-10-23-11-7-19;2*3-2(4,5)1(6)7/h2-7,10-11,21H,8-9,12-17H2,1H3;2*(H,6,7). The largest absolute Gasteiger partial charge is 0.490 e. The molecule has 0 radical (unpaired) electrons. The second-order valence-corrected chi connectivity index (χ2v) is 9.30. The SMILES string of the molecule is Cc1ccccc1CN1CCC2(CC1)CC(OCc1ccncc1)CO2.O=C(O)C(F)(F)F.O=C(O)C(F)(F)F. The van der Waals surface area contributed by atoms with Crippen LogP contribution in [0.25, 0.3) is 0 Å². The lowest BCUT2D eigenvalue weighted by molar-refractivity contribution is -0.193. The van der Waals surface area contributed by atoms with Crippen molar-refractivity contribution in [3.63, 3.8) is 0 Å². The highest BCUT2D eigenvalue weighted by molar-refractivity contribution is 5.73. The number of nitrogens with zero attached hydrogens (tertiary/aromatic N) is 2. The van der Waals surface area contributed by atoms with Gasteiger partial charge in [0.1, 0.15) is 0 Å². The number of hydrogen-bond donors (Lipinski definition) is 2. The highest BCUT2D eigenvalue weighted by Gasteiger charge is 2.43. The Labute approximate surface area is 226 Å². The summed E-state index contributed by atoms with van der Waals surface area (Å²) in [6.45, 7) is 6.82. The molecule has 1 aromatic carbocycles. The number of carboxylic acid groups (broad SMARTS) is 2. The van der Waals surface area contributed by atoms with Gasteiger partial charge in [-0.25, -0.2) is 9.59 Å². The van der Waals surface area contributed by atoms with E-state index in [2.05, 4.69) is 41.1 Å². The Hall–Kier alpha value is -3.23. The van der Waals surface area contributed by atoms with Crippen molar-refractivity contribution in [2.45, 2.75) is 63.4 Å². The van der Waals surface area contributed by atoms with Crippen molar-refractivity contribution >= 4 is 11.9 Å². The number of carbonyl (C=O) groups is 2. The maximum Gasteiger partial charge on any atom is 0.490 e. The van der Waals surface area contributed by atoms with Crippen LogP contribution in [0.15, 0.2) is 48.8 Å². The molecule has 2 N–H and O–H groups in total. The number of halogens is 6. The van der Waals surface area contributed by atoms with Crippen LogP contribution < -0.4 is 0 Å². The Kier molecular flexibility index (Phi) is 11.9. The Balaban J connectivity index is 0.000000333. The summed E-state index contributed by atoms with van der Waals surface area (Å²) in [4.78, 5) is 24.4. The predicted octanol–water partition coefficient (Wildman–Crippen LogP) is 5.00. The van der Waals surface area contributed by atoms with Crippen molar-refractivity contribution in [2.24, 2.45) is 0 Å². The van der Waals surface area contributed by atoms with Gasteiger partial charge in [-0.15, -0.1) is 0 Å². The van der Waals surface area contributed by atoms with E-state index in [0.29, 0.717) is 6.61 Å². The van der Waals surface area contributed by atoms with Crippen LogP contribution in [0.1, 0.15) is 36.0 Å². The first-order valence-corrected chi connectivity index (χ1v) is 12.1. The van der Waals surface area contributed by atoms with Gasteiger partial charge in [-0.3, -0.25) is 9.88 Å². The third-order valence-electron chi connectivity index (χ3n) is 6.32. The van der Waals surface area contributed by atoms with Gasteiger partial charge in [0.2, 0.25) is 0 Å². The maximum absolute atomic E-state index is 10.6. The second-order valence-electron chi connectivity index (χ2n) is 9.30. The average molecular weight is 581 g/mol. The van der Waals surface area contributed by atoms with Crippen LogP contribution in [-0.4, -0.2) is 75.8 Å². The molecule has 2 aliphatic rings. The first-order valence-electron chi connectivity index (χ1n) is 12.1. The molecule has 2 aliphatic heterocycles. The zero-order valence-corrected chi connectivity index (χ0v) is 21.5. The minimum atomic E-state index is -5.08. The van der Waals surface area contributed by atoms with Gasteiger partial charge in [0, 0.05) is 38.4 Å². The summed E-state index contributed by atoms with van der Waals surface area (Å²) in [6, 6.07) is 12.7. The molecule has 1 spiro atoms. The zero-order chi connectivity index (χ0) is 30.0. The molecule has 222 valence electrons. The molecule has 40 heavy (non-hydrogen) atoms. The lowest BCUT2D eigenvalue weighted by Gasteiger charge is -2.38. The van der Waals surface area contributed by atoms with Crippen LogP contribution >= 0.6 is 0 Å². The molecular weight excluding hydrogens is 550 g/mol. The minimum absolute atomic E-state index is 0.0329. The molecule has 4 rings (SSSR count). The molecule has 0 bridgehead atoms. The molecule has 1 unspecified atom stereocenters. The highest BCUT2D eigenvalue weighted by Crippen LogP contribution is 2.37. The van der Waals surface area contributed by atoms with Gasteiger partial charge < -0.3 is 19.7 Å². The van der Waals surface area contributed by atoms with Crippen LogP contribution in [0, 0.1) is 6.92 Å². The fourth-order valence-corrected chi connectivity index (χ4v) is 4.10. The monoisotopic (exact) mass is 580 g/mol. The summed E-state index contributed by atoms with van der Waals surface area (Å²) in [5, 5.41) is 14.2. The van der Waals surface area contributed by atoms with Crippen molar-refractivity contribution in [1.29, 1.82) is 0 Å². The number of pyridine rings is 1. The Morgan fingerprint density at radius 2 is 1.52 bits per heavy atom. The number of hydrogen-bond acceptors (Lipinski definition) is 6. The molecule has 0 aliphatic carbocycles. The number of likely N-dealkylation sites (tertiary alicyclic amines) is 1. The minimum Gasteiger partial charge on any atom is -0.475 e. The summed E-state index contributed by atoms with van der Waals surface area (Å²) in [7, 11) is 0. The zero-order valence-electron chi connectivity index (χ0n) is 21.5. The quantitative estimate of drug-likeness (QED) is 0.476. The van der Waals surface area contributed by atoms with Crippen molar-refractivity contribution in [2.75, 3.05) is 19.7 Å². The molecule has 3 heterocycles. The number of carboxylic acids is 2. The Bertz CT molecular complexity index is 1070. The van der Waals surface area contributed by atoms with Crippen LogP contribution in [0.3, 0.4) is 0 Å². The van der Waals surface area contributed by atoms with Gasteiger partial charge in [0.15, 0.2) is 0 Å². The van der Waals surface area contributed by atoms with Gasteiger partial charge >= 0.3 is 24.3 Å². The Morgan fingerprint density at radius 3 is 2.02 bits per heavy atom. The van der Waals surface area contributed by atoms with E-state index in [1.165, 1.54) is 16.7 Å². The molecule has 0 saturated carbocycles. The number of aliphatic carboxylic acids is 2. The van der Waals surface area contributed by atoms with E-state index in [-0.39, 0.29) is 11.7 Å². The van der Waals surface area contributed by atoms with E-state index >= 15 is 0 Å². The van der Waals surface area contributed by atoms with E-state index < -0.39 is 24.3 Å². The van der Waals surface area contributed by atoms with Crippen molar-refractivity contribution in [1.82, 2.24) is 9.88 Å². The van der Waals surface area contributed by atoms with Crippen molar-refractivity contribution < 1.29 is 55.6 Å². The topological polar surface area (TPSA) is 109 Å². The number of aromatic nitrogens is 1. The summed E-state index contributed by atoms with van der Waals surface area (Å²) in [6.07, 6.45) is -3.09. The Morgan fingerprint density at radius 1 is 1.00 bits per heavy atom. The normalized spacial score (nSPS) is 18.7. The summed E-state index contributed by atoms with van der Waals surface area (Å²) >= 11 is 0. The third kappa shape index (κ3) is 11.1. The van der Waals surface area contributed by atoms with Crippen molar-refractivity contribution in [3.8, 4) is 0 Å². The highest BCUT2D eigenvalue weighted by atomic mass is 19.4.